The molecular weight excluding hydrogens is 382 g/mol. The van der Waals surface area contributed by atoms with E-state index < -0.39 is 10.0 Å². The first-order valence-corrected chi connectivity index (χ1v) is 11.6. The topological polar surface area (TPSA) is 71.4 Å². The van der Waals surface area contributed by atoms with Gasteiger partial charge in [0.2, 0.25) is 15.9 Å². The summed E-state index contributed by atoms with van der Waals surface area (Å²) in [4.78, 5) is 15.5. The Morgan fingerprint density at radius 3 is 2.70 bits per heavy atom. The number of piperidine rings is 1. The minimum absolute atomic E-state index is 0.0957. The number of aryl methyl sites for hydroxylation is 1. The first kappa shape index (κ1) is 20.0. The Morgan fingerprint density at radius 2 is 2.04 bits per heavy atom. The number of thioether (sulfide) groups is 1. The Labute approximate surface area is 164 Å². The number of sulfonamides is 1. The van der Waals surface area contributed by atoms with Gasteiger partial charge in [0.1, 0.15) is 0 Å². The second-order valence-electron chi connectivity index (χ2n) is 6.57. The number of para-hydroxylation sites is 1. The van der Waals surface area contributed by atoms with Gasteiger partial charge in [-0.05, 0) is 25.8 Å². The molecule has 1 aromatic carbocycles. The summed E-state index contributed by atoms with van der Waals surface area (Å²) < 4.78 is 27.9. The number of carbonyl (C=O) groups is 1. The molecule has 0 spiro atoms. The summed E-state index contributed by atoms with van der Waals surface area (Å²) >= 11 is 1.57. The summed E-state index contributed by atoms with van der Waals surface area (Å²) in [5, 5.41) is 2.10. The van der Waals surface area contributed by atoms with Crippen LogP contribution in [0.4, 0.5) is 0 Å². The van der Waals surface area contributed by atoms with E-state index in [1.165, 1.54) is 10.9 Å². The minimum Gasteiger partial charge on any atom is -0.347 e. The van der Waals surface area contributed by atoms with Crippen molar-refractivity contribution in [3.8, 4) is 0 Å². The van der Waals surface area contributed by atoms with E-state index >= 15 is 0 Å². The molecule has 0 unspecified atom stereocenters. The second-order valence-corrected chi connectivity index (χ2v) is 9.25. The SMILES string of the molecule is C=CS(=O)(=O)NC1CCN(C(=O)CSc2cn(CC)c3ccccc23)CC1. The molecule has 27 heavy (non-hydrogen) atoms. The van der Waals surface area contributed by atoms with E-state index in [0.717, 1.165) is 16.8 Å². The quantitative estimate of drug-likeness (QED) is 0.717. The molecule has 0 bridgehead atoms. The first-order valence-electron chi connectivity index (χ1n) is 9.06. The third-order valence-corrected chi connectivity index (χ3v) is 6.97. The predicted octanol–water partition coefficient (Wildman–Crippen LogP) is 2.81. The molecular formula is C19H25N3O3S2. The van der Waals surface area contributed by atoms with Crippen LogP contribution in [0.3, 0.4) is 0 Å². The number of rotatable bonds is 7. The molecule has 1 aliphatic heterocycles. The van der Waals surface area contributed by atoms with Gasteiger partial charge in [0.05, 0.1) is 5.75 Å². The number of nitrogens with one attached hydrogen (secondary N) is 1. The van der Waals surface area contributed by atoms with Crippen LogP contribution < -0.4 is 4.72 Å². The van der Waals surface area contributed by atoms with Gasteiger partial charge in [-0.15, -0.1) is 11.8 Å². The Hall–Kier alpha value is -1.77. The second kappa shape index (κ2) is 8.50. The molecule has 1 aromatic heterocycles. The zero-order chi connectivity index (χ0) is 19.4. The van der Waals surface area contributed by atoms with Crippen molar-refractivity contribution in [1.29, 1.82) is 0 Å². The molecule has 1 amide bonds. The number of carbonyl (C=O) groups excluding carboxylic acids is 1. The van der Waals surface area contributed by atoms with Gasteiger partial charge < -0.3 is 9.47 Å². The van der Waals surface area contributed by atoms with E-state index in [9.17, 15) is 13.2 Å². The molecule has 146 valence electrons. The van der Waals surface area contributed by atoms with Gasteiger partial charge in [0, 0.05) is 53.1 Å². The van der Waals surface area contributed by atoms with E-state index in [-0.39, 0.29) is 11.9 Å². The molecule has 0 radical (unpaired) electrons. The van der Waals surface area contributed by atoms with Crippen molar-refractivity contribution in [3.05, 3.63) is 42.4 Å². The lowest BCUT2D eigenvalue weighted by Crippen LogP contribution is -2.46. The van der Waals surface area contributed by atoms with Crippen LogP contribution in [0.2, 0.25) is 0 Å². The lowest BCUT2D eigenvalue weighted by molar-refractivity contribution is -0.129. The molecule has 1 fully saturated rings. The van der Waals surface area contributed by atoms with Crippen molar-refractivity contribution >= 4 is 38.6 Å². The van der Waals surface area contributed by atoms with E-state index in [2.05, 4.69) is 41.1 Å². The van der Waals surface area contributed by atoms with Crippen LogP contribution in [-0.4, -0.2) is 48.7 Å². The maximum absolute atomic E-state index is 12.6. The molecule has 2 heterocycles. The number of benzene rings is 1. The van der Waals surface area contributed by atoms with Crippen LogP contribution in [-0.2, 0) is 21.4 Å². The van der Waals surface area contributed by atoms with Crippen LogP contribution >= 0.6 is 11.8 Å². The van der Waals surface area contributed by atoms with Gasteiger partial charge in [0.25, 0.3) is 0 Å². The van der Waals surface area contributed by atoms with E-state index in [1.54, 1.807) is 11.8 Å². The largest absolute Gasteiger partial charge is 0.347 e. The first-order chi connectivity index (χ1) is 12.9. The Morgan fingerprint density at radius 1 is 1.33 bits per heavy atom. The number of hydrogen-bond acceptors (Lipinski definition) is 4. The highest BCUT2D eigenvalue weighted by atomic mass is 32.2. The van der Waals surface area contributed by atoms with Crippen LogP contribution in [0.1, 0.15) is 19.8 Å². The molecule has 0 aliphatic carbocycles. The fourth-order valence-electron chi connectivity index (χ4n) is 3.35. The van der Waals surface area contributed by atoms with Crippen molar-refractivity contribution in [3.63, 3.8) is 0 Å². The van der Waals surface area contributed by atoms with Gasteiger partial charge in [-0.25, -0.2) is 13.1 Å². The third kappa shape index (κ3) is 4.75. The van der Waals surface area contributed by atoms with Gasteiger partial charge in [-0.1, -0.05) is 24.8 Å². The average Bonchev–Trinajstić information content (AvgIpc) is 3.04. The highest BCUT2D eigenvalue weighted by Crippen LogP contribution is 2.30. The van der Waals surface area contributed by atoms with Crippen molar-refractivity contribution < 1.29 is 13.2 Å². The summed E-state index contributed by atoms with van der Waals surface area (Å²) in [6.07, 6.45) is 3.36. The standard InChI is InChI=1S/C19H25N3O3S2/c1-3-21-13-18(16-7-5-6-8-17(16)21)26-14-19(23)22-11-9-15(10-12-22)20-27(24,25)4-2/h4-8,13,15,20H,2-3,9-12,14H2,1H3. The van der Waals surface area contributed by atoms with Gasteiger partial charge in [-0.2, -0.15) is 0 Å². The smallest absolute Gasteiger partial charge is 0.233 e. The number of nitrogens with zero attached hydrogens (tertiary/aromatic N) is 2. The van der Waals surface area contributed by atoms with E-state index in [0.29, 0.717) is 31.7 Å². The normalized spacial score (nSPS) is 16.0. The summed E-state index contributed by atoms with van der Waals surface area (Å²) in [6.45, 7) is 7.44. The number of amides is 1. The average molecular weight is 408 g/mol. The summed E-state index contributed by atoms with van der Waals surface area (Å²) in [5.74, 6) is 0.485. The minimum atomic E-state index is -3.42. The van der Waals surface area contributed by atoms with Crippen LogP contribution in [0.5, 0.6) is 0 Å². The molecule has 6 nitrogen and oxygen atoms in total. The van der Waals surface area contributed by atoms with Gasteiger partial charge in [0.15, 0.2) is 0 Å². The van der Waals surface area contributed by atoms with Crippen molar-refractivity contribution in [2.45, 2.75) is 37.2 Å². The molecule has 2 aromatic rings. The zero-order valence-electron chi connectivity index (χ0n) is 15.4. The van der Waals surface area contributed by atoms with Crippen LogP contribution in [0.25, 0.3) is 10.9 Å². The number of aromatic nitrogens is 1. The van der Waals surface area contributed by atoms with Crippen molar-refractivity contribution in [2.75, 3.05) is 18.8 Å². The Balaban J connectivity index is 1.56. The predicted molar refractivity (Wildman–Crippen MR) is 110 cm³/mol. The van der Waals surface area contributed by atoms with Crippen molar-refractivity contribution in [1.82, 2.24) is 14.2 Å². The zero-order valence-corrected chi connectivity index (χ0v) is 17.1. The maximum Gasteiger partial charge on any atom is 0.233 e. The van der Waals surface area contributed by atoms with E-state index in [4.69, 9.17) is 0 Å². The van der Waals surface area contributed by atoms with Gasteiger partial charge >= 0.3 is 0 Å². The van der Waals surface area contributed by atoms with E-state index in [1.807, 2.05) is 17.0 Å². The lowest BCUT2D eigenvalue weighted by Gasteiger charge is -2.32. The highest BCUT2D eigenvalue weighted by molar-refractivity contribution is 8.00. The molecule has 0 saturated carbocycles. The van der Waals surface area contributed by atoms with Crippen molar-refractivity contribution in [2.24, 2.45) is 0 Å². The molecule has 8 heteroatoms. The number of likely N-dealkylation sites (tertiary alicyclic amines) is 1. The lowest BCUT2D eigenvalue weighted by atomic mass is 10.1. The van der Waals surface area contributed by atoms with Crippen LogP contribution in [0, 0.1) is 0 Å². The molecule has 3 rings (SSSR count). The van der Waals surface area contributed by atoms with Gasteiger partial charge in [-0.3, -0.25) is 4.79 Å². The number of fused-ring (bicyclic) bond motifs is 1. The Bertz CT molecular complexity index is 929. The molecule has 1 aliphatic rings. The molecule has 1 saturated heterocycles. The molecule has 0 atom stereocenters. The summed E-state index contributed by atoms with van der Waals surface area (Å²) in [6, 6.07) is 8.10. The Kier molecular flexibility index (Phi) is 6.29. The number of hydrogen-bond donors (Lipinski definition) is 1. The summed E-state index contributed by atoms with van der Waals surface area (Å²) in [5.41, 5.74) is 1.19. The third-order valence-electron chi connectivity index (χ3n) is 4.84. The molecule has 1 N–H and O–H groups in total. The fourth-order valence-corrected chi connectivity index (χ4v) is 5.14. The van der Waals surface area contributed by atoms with Crippen LogP contribution in [0.15, 0.2) is 47.3 Å². The summed E-state index contributed by atoms with van der Waals surface area (Å²) in [7, 11) is -3.42. The fraction of sp³-hybridized carbons (Fsp3) is 0.421. The maximum atomic E-state index is 12.6. The monoisotopic (exact) mass is 407 g/mol. The highest BCUT2D eigenvalue weighted by Gasteiger charge is 2.25.